The third kappa shape index (κ3) is 3.57. The number of aryl methyl sites for hydroxylation is 1. The van der Waals surface area contributed by atoms with Crippen LogP contribution in [0.2, 0.25) is 0 Å². The zero-order valence-electron chi connectivity index (χ0n) is 18.3. The number of methoxy groups -OCH3 is 1. The van der Waals surface area contributed by atoms with Gasteiger partial charge in [-0.1, -0.05) is 6.07 Å². The largest absolute Gasteiger partial charge is 0.379 e. The molecule has 3 aliphatic heterocycles. The smallest absolute Gasteiger partial charge is 0.231 e. The number of hydrogen-bond acceptors (Lipinski definition) is 5. The number of carbonyl (C=O) groups excluding carboxylic acids is 1. The summed E-state index contributed by atoms with van der Waals surface area (Å²) < 4.78 is 17.4. The number of amides is 1. The van der Waals surface area contributed by atoms with Gasteiger partial charge >= 0.3 is 0 Å². The molecule has 1 saturated carbocycles. The Labute approximate surface area is 179 Å². The minimum atomic E-state index is -0.326. The minimum Gasteiger partial charge on any atom is -0.379 e. The molecule has 5 atom stereocenters. The fourth-order valence-corrected chi connectivity index (χ4v) is 6.39. The molecule has 0 bridgehead atoms. The second kappa shape index (κ2) is 8.21. The average Bonchev–Trinajstić information content (AvgIpc) is 3.31. The molecule has 164 valence electrons. The molecule has 0 N–H and O–H groups in total. The number of pyridine rings is 1. The molecule has 1 aliphatic carbocycles. The van der Waals surface area contributed by atoms with E-state index in [1.54, 1.807) is 7.11 Å². The van der Waals surface area contributed by atoms with Gasteiger partial charge in [0.05, 0.1) is 24.2 Å². The van der Waals surface area contributed by atoms with Crippen LogP contribution >= 0.6 is 0 Å². The maximum absolute atomic E-state index is 13.8. The third-order valence-electron chi connectivity index (χ3n) is 7.95. The number of rotatable bonds is 4. The monoisotopic (exact) mass is 414 g/mol. The number of hydrogen-bond donors (Lipinski definition) is 0. The number of ether oxygens (including phenoxy) is 3. The van der Waals surface area contributed by atoms with Gasteiger partial charge in [0, 0.05) is 51.7 Å². The van der Waals surface area contributed by atoms with Gasteiger partial charge in [0.1, 0.15) is 0 Å². The third-order valence-corrected chi connectivity index (χ3v) is 7.95. The predicted molar refractivity (Wildman–Crippen MR) is 112 cm³/mol. The van der Waals surface area contributed by atoms with Crippen LogP contribution in [0.25, 0.3) is 0 Å². The molecule has 1 amide bonds. The maximum atomic E-state index is 13.8. The van der Waals surface area contributed by atoms with E-state index in [0.29, 0.717) is 37.5 Å². The first-order valence-corrected chi connectivity index (χ1v) is 11.5. The van der Waals surface area contributed by atoms with E-state index < -0.39 is 0 Å². The quantitative estimate of drug-likeness (QED) is 0.758. The van der Waals surface area contributed by atoms with Gasteiger partial charge in [0.25, 0.3) is 0 Å². The lowest BCUT2D eigenvalue weighted by atomic mass is 9.78. The van der Waals surface area contributed by atoms with E-state index in [1.165, 1.54) is 5.56 Å². The van der Waals surface area contributed by atoms with E-state index >= 15 is 0 Å². The first kappa shape index (κ1) is 20.4. The van der Waals surface area contributed by atoms with Crippen molar-refractivity contribution in [3.63, 3.8) is 0 Å². The molecule has 4 aliphatic rings. The lowest BCUT2D eigenvalue weighted by molar-refractivity contribution is -0.145. The first-order valence-electron chi connectivity index (χ1n) is 11.5. The second-order valence-corrected chi connectivity index (χ2v) is 9.80. The van der Waals surface area contributed by atoms with Crippen LogP contribution in [0.3, 0.4) is 0 Å². The summed E-state index contributed by atoms with van der Waals surface area (Å²) >= 11 is 0. The molecule has 2 saturated heterocycles. The van der Waals surface area contributed by atoms with Crippen molar-refractivity contribution in [2.24, 2.45) is 17.3 Å². The van der Waals surface area contributed by atoms with Crippen molar-refractivity contribution in [2.45, 2.75) is 64.2 Å². The van der Waals surface area contributed by atoms with E-state index in [2.05, 4.69) is 22.9 Å². The Morgan fingerprint density at radius 2 is 2.30 bits per heavy atom. The highest BCUT2D eigenvalue weighted by Crippen LogP contribution is 2.53. The van der Waals surface area contributed by atoms with Crippen LogP contribution in [0.5, 0.6) is 0 Å². The van der Waals surface area contributed by atoms with E-state index in [-0.39, 0.29) is 17.6 Å². The Bertz CT molecular complexity index is 799. The Morgan fingerprint density at radius 3 is 3.17 bits per heavy atom. The van der Waals surface area contributed by atoms with Gasteiger partial charge in [-0.3, -0.25) is 9.78 Å². The molecule has 4 heterocycles. The molecule has 1 aromatic rings. The molecule has 5 rings (SSSR count). The van der Waals surface area contributed by atoms with Crippen LogP contribution in [-0.4, -0.2) is 61.5 Å². The van der Waals surface area contributed by atoms with E-state index in [9.17, 15) is 4.79 Å². The van der Waals surface area contributed by atoms with Crippen molar-refractivity contribution in [2.75, 3.05) is 33.5 Å². The van der Waals surface area contributed by atoms with Gasteiger partial charge in [0.2, 0.25) is 5.91 Å². The summed E-state index contributed by atoms with van der Waals surface area (Å²) in [4.78, 5) is 20.5. The van der Waals surface area contributed by atoms with Crippen molar-refractivity contribution >= 4 is 5.91 Å². The summed E-state index contributed by atoms with van der Waals surface area (Å²) in [5.74, 6) is 1.37. The number of fused-ring (bicyclic) bond motifs is 2. The van der Waals surface area contributed by atoms with Crippen molar-refractivity contribution in [3.8, 4) is 0 Å². The first-order chi connectivity index (χ1) is 14.6. The van der Waals surface area contributed by atoms with Crippen LogP contribution in [-0.2, 0) is 32.0 Å². The maximum Gasteiger partial charge on any atom is 0.231 e. The molecule has 6 nitrogen and oxygen atoms in total. The Balaban J connectivity index is 1.30. The standard InChI is InChI=1S/C24H34N2O4/c1-16-9-19-14-26(6-3-20(19)25-13-16)23(27)24-5-8-30-22(24)11-17(12-24)10-18-4-7-29-15-21(18)28-2/h9,13,17-18,21-22H,3-8,10-12,14-15H2,1-2H3/t17-,18?,21?,22-,24-/m1/s1. The zero-order chi connectivity index (χ0) is 20.7. The SMILES string of the molecule is COC1COCCC1C[C@@H]1C[C@H]2OCC[C@@]2(C(=O)N2CCc3ncc(C)cc3C2)C1. The number of aromatic nitrogens is 1. The highest BCUT2D eigenvalue weighted by molar-refractivity contribution is 5.84. The lowest BCUT2D eigenvalue weighted by Gasteiger charge is -2.37. The Kier molecular flexibility index (Phi) is 5.58. The summed E-state index contributed by atoms with van der Waals surface area (Å²) in [5, 5.41) is 0. The molecule has 0 aromatic carbocycles. The van der Waals surface area contributed by atoms with Crippen molar-refractivity contribution in [1.29, 1.82) is 0 Å². The molecular formula is C24H34N2O4. The topological polar surface area (TPSA) is 60.9 Å². The number of carbonyl (C=O) groups is 1. The summed E-state index contributed by atoms with van der Waals surface area (Å²) in [6, 6.07) is 2.19. The van der Waals surface area contributed by atoms with Crippen molar-refractivity contribution in [3.05, 3.63) is 29.1 Å². The van der Waals surface area contributed by atoms with Crippen molar-refractivity contribution < 1.29 is 19.0 Å². The van der Waals surface area contributed by atoms with Gasteiger partial charge < -0.3 is 19.1 Å². The summed E-state index contributed by atoms with van der Waals surface area (Å²) in [6.45, 7) is 5.76. The van der Waals surface area contributed by atoms with Gasteiger partial charge in [0.15, 0.2) is 0 Å². The summed E-state index contributed by atoms with van der Waals surface area (Å²) in [5.41, 5.74) is 3.19. The Hall–Kier alpha value is -1.50. The normalized spacial score (nSPS) is 35.9. The lowest BCUT2D eigenvalue weighted by Crippen LogP contribution is -2.48. The molecular weight excluding hydrogens is 380 g/mol. The molecule has 0 radical (unpaired) electrons. The molecule has 3 fully saturated rings. The van der Waals surface area contributed by atoms with Gasteiger partial charge in [-0.15, -0.1) is 0 Å². The minimum absolute atomic E-state index is 0.0767. The number of nitrogens with zero attached hydrogens (tertiary/aromatic N) is 2. The molecule has 0 spiro atoms. The van der Waals surface area contributed by atoms with E-state index in [0.717, 1.165) is 62.9 Å². The van der Waals surface area contributed by atoms with E-state index in [4.69, 9.17) is 14.2 Å². The highest BCUT2D eigenvalue weighted by Gasteiger charge is 2.57. The second-order valence-electron chi connectivity index (χ2n) is 9.80. The predicted octanol–water partition coefficient (Wildman–Crippen LogP) is 2.90. The van der Waals surface area contributed by atoms with Crippen LogP contribution in [0.15, 0.2) is 12.3 Å². The molecule has 6 heteroatoms. The van der Waals surface area contributed by atoms with Crippen LogP contribution in [0, 0.1) is 24.2 Å². The molecule has 1 aromatic heterocycles. The average molecular weight is 415 g/mol. The van der Waals surface area contributed by atoms with Gasteiger partial charge in [-0.2, -0.15) is 0 Å². The van der Waals surface area contributed by atoms with Crippen LogP contribution in [0.4, 0.5) is 0 Å². The van der Waals surface area contributed by atoms with Crippen LogP contribution < -0.4 is 0 Å². The van der Waals surface area contributed by atoms with E-state index in [1.807, 2.05) is 6.20 Å². The zero-order valence-corrected chi connectivity index (χ0v) is 18.3. The fraction of sp³-hybridized carbons (Fsp3) is 0.750. The van der Waals surface area contributed by atoms with Gasteiger partial charge in [-0.25, -0.2) is 0 Å². The summed E-state index contributed by atoms with van der Waals surface area (Å²) in [6.07, 6.45) is 8.03. The van der Waals surface area contributed by atoms with Gasteiger partial charge in [-0.05, 0) is 62.0 Å². The highest BCUT2D eigenvalue weighted by atomic mass is 16.5. The molecule has 2 unspecified atom stereocenters. The molecule has 30 heavy (non-hydrogen) atoms. The Morgan fingerprint density at radius 1 is 1.40 bits per heavy atom. The summed E-state index contributed by atoms with van der Waals surface area (Å²) in [7, 11) is 1.79. The van der Waals surface area contributed by atoms with Crippen molar-refractivity contribution in [1.82, 2.24) is 9.88 Å². The van der Waals surface area contributed by atoms with Crippen LogP contribution in [0.1, 0.15) is 48.9 Å². The fourth-order valence-electron chi connectivity index (χ4n) is 6.39.